The smallest absolute Gasteiger partial charge is 0.256 e. The van der Waals surface area contributed by atoms with Gasteiger partial charge in [-0.2, -0.15) is 0 Å². The molecule has 48 heavy (non-hydrogen) atoms. The predicted molar refractivity (Wildman–Crippen MR) is 184 cm³/mol. The summed E-state index contributed by atoms with van der Waals surface area (Å²) in [6.07, 6.45) is 1.02. The van der Waals surface area contributed by atoms with Gasteiger partial charge in [-0.05, 0) is 31.3 Å². The van der Waals surface area contributed by atoms with Crippen LogP contribution in [0.4, 0.5) is 0 Å². The summed E-state index contributed by atoms with van der Waals surface area (Å²) < 4.78 is 1.73. The molecular weight excluding hydrogens is 608 g/mol. The molecule has 1 aliphatic heterocycles. The molecule has 2 heterocycles. The molecule has 4 amide bonds. The first-order valence-electron chi connectivity index (χ1n) is 16.2. The fourth-order valence-electron chi connectivity index (χ4n) is 6.14. The maximum Gasteiger partial charge on any atom is 0.256 e. The molecule has 4 aromatic rings. The van der Waals surface area contributed by atoms with Gasteiger partial charge in [0.15, 0.2) is 0 Å². The highest BCUT2D eigenvalue weighted by Crippen LogP contribution is 2.27. The number of hydrogen-bond donors (Lipinski definition) is 3. The second kappa shape index (κ2) is 15.7. The van der Waals surface area contributed by atoms with Crippen molar-refractivity contribution in [1.29, 1.82) is 0 Å². The molecule has 0 bridgehead atoms. The van der Waals surface area contributed by atoms with E-state index in [4.69, 9.17) is 0 Å². The number of β-amino-alcohol motifs (C(OH)–C–C–N with tert-alkyl or cyclic N) is 1. The monoisotopic (exact) mass is 652 g/mol. The molecule has 0 radical (unpaired) electrons. The summed E-state index contributed by atoms with van der Waals surface area (Å²) in [5.74, 6) is -1.38. The molecule has 5 rings (SSSR count). The molecule has 1 aliphatic rings. The van der Waals surface area contributed by atoms with E-state index in [1.54, 1.807) is 22.7 Å². The number of carbonyl (C=O) groups is 4. The number of rotatable bonds is 13. The topological polar surface area (TPSA) is 127 Å². The molecule has 3 aromatic carbocycles. The van der Waals surface area contributed by atoms with Crippen molar-refractivity contribution in [3.05, 3.63) is 108 Å². The van der Waals surface area contributed by atoms with E-state index in [0.717, 1.165) is 11.1 Å². The zero-order valence-electron chi connectivity index (χ0n) is 27.7. The molecular formula is C37H44N6O5. The zero-order chi connectivity index (χ0) is 34.2. The number of likely N-dealkylation sites (tertiary alicyclic amines) is 1. The molecule has 252 valence electrons. The summed E-state index contributed by atoms with van der Waals surface area (Å²) in [5, 5.41) is 17.2. The van der Waals surface area contributed by atoms with E-state index in [9.17, 15) is 24.3 Å². The van der Waals surface area contributed by atoms with E-state index in [0.29, 0.717) is 36.1 Å². The van der Waals surface area contributed by atoms with Gasteiger partial charge in [0.05, 0.1) is 11.7 Å². The van der Waals surface area contributed by atoms with E-state index >= 15 is 0 Å². The molecule has 1 fully saturated rings. The molecule has 3 N–H and O–H groups in total. The van der Waals surface area contributed by atoms with Crippen LogP contribution in [0.5, 0.6) is 0 Å². The minimum atomic E-state index is -0.991. The summed E-state index contributed by atoms with van der Waals surface area (Å²) in [6.45, 7) is 1.55. The van der Waals surface area contributed by atoms with Gasteiger partial charge >= 0.3 is 0 Å². The third kappa shape index (κ3) is 8.47. The number of carbonyl (C=O) groups excluding carboxylic acids is 4. The summed E-state index contributed by atoms with van der Waals surface area (Å²) in [5.41, 5.74) is 2.87. The number of hydrogen-bond acceptors (Lipinski definition) is 6. The third-order valence-electron chi connectivity index (χ3n) is 8.59. The highest BCUT2D eigenvalue weighted by molar-refractivity contribution is 6.08. The second-order valence-corrected chi connectivity index (χ2v) is 12.6. The van der Waals surface area contributed by atoms with Crippen LogP contribution in [0.3, 0.4) is 0 Å². The van der Waals surface area contributed by atoms with Crippen molar-refractivity contribution in [1.82, 2.24) is 29.9 Å². The molecule has 11 nitrogen and oxygen atoms in total. The van der Waals surface area contributed by atoms with Gasteiger partial charge in [0.1, 0.15) is 18.6 Å². The minimum Gasteiger partial charge on any atom is -0.391 e. The standard InChI is InChI=1S/C37H44N6O5/c1-40(2)19-18-38-34(45)25-42-24-30(29-16-10-11-17-32(29)42)36(47)43-23-28(44)21-33(43)35(46)39-31(20-26-12-6-4-7-13-26)37(48)41(3)22-27-14-8-5-9-15-27/h4-17,24,28,31,33,44H,18-23,25H2,1-3H3,(H,38,45)(H,39,46). The Morgan fingerprint density at radius 2 is 1.54 bits per heavy atom. The average molecular weight is 653 g/mol. The van der Waals surface area contributed by atoms with Crippen LogP contribution in [0.15, 0.2) is 91.1 Å². The van der Waals surface area contributed by atoms with Gasteiger partial charge in [0.25, 0.3) is 5.91 Å². The average Bonchev–Trinajstić information content (AvgIpc) is 3.65. The highest BCUT2D eigenvalue weighted by atomic mass is 16.3. The number of para-hydroxylation sites is 1. The van der Waals surface area contributed by atoms with Crippen LogP contribution in [0.1, 0.15) is 27.9 Å². The van der Waals surface area contributed by atoms with Crippen molar-refractivity contribution in [3.8, 4) is 0 Å². The van der Waals surface area contributed by atoms with Crippen LogP contribution in [-0.2, 0) is 33.9 Å². The number of nitrogens with one attached hydrogen (secondary N) is 2. The fraction of sp³-hybridized carbons (Fsp3) is 0.351. The first-order valence-corrected chi connectivity index (χ1v) is 16.2. The normalized spacial score (nSPS) is 16.6. The van der Waals surface area contributed by atoms with Gasteiger partial charge in [-0.25, -0.2) is 0 Å². The van der Waals surface area contributed by atoms with E-state index in [2.05, 4.69) is 10.6 Å². The summed E-state index contributed by atoms with van der Waals surface area (Å²) in [6, 6.07) is 24.5. The Balaban J connectivity index is 1.35. The third-order valence-corrected chi connectivity index (χ3v) is 8.59. The fourth-order valence-corrected chi connectivity index (χ4v) is 6.14. The maximum atomic E-state index is 14.1. The Kier molecular flexibility index (Phi) is 11.3. The number of nitrogens with zero attached hydrogens (tertiary/aromatic N) is 4. The molecule has 3 atom stereocenters. The van der Waals surface area contributed by atoms with Crippen LogP contribution in [0.2, 0.25) is 0 Å². The Bertz CT molecular complexity index is 1720. The quantitative estimate of drug-likeness (QED) is 0.204. The summed E-state index contributed by atoms with van der Waals surface area (Å²) in [4.78, 5) is 59.5. The largest absolute Gasteiger partial charge is 0.391 e. The second-order valence-electron chi connectivity index (χ2n) is 12.6. The summed E-state index contributed by atoms with van der Waals surface area (Å²) >= 11 is 0. The van der Waals surface area contributed by atoms with Gasteiger partial charge < -0.3 is 35.0 Å². The number of amides is 4. The number of likely N-dealkylation sites (N-methyl/N-ethyl adjacent to an activating group) is 2. The molecule has 0 aliphatic carbocycles. The molecule has 0 spiro atoms. The van der Waals surface area contributed by atoms with Crippen LogP contribution >= 0.6 is 0 Å². The first-order chi connectivity index (χ1) is 23.1. The Hall–Kier alpha value is -5.00. The van der Waals surface area contributed by atoms with Crippen LogP contribution < -0.4 is 10.6 Å². The van der Waals surface area contributed by atoms with Crippen LogP contribution in [-0.4, -0.2) is 107 Å². The van der Waals surface area contributed by atoms with Crippen molar-refractivity contribution >= 4 is 34.5 Å². The minimum absolute atomic E-state index is 0.0214. The predicted octanol–water partition coefficient (Wildman–Crippen LogP) is 2.28. The van der Waals surface area contributed by atoms with Crippen LogP contribution in [0.25, 0.3) is 10.9 Å². The van der Waals surface area contributed by atoms with Gasteiger partial charge in [-0.3, -0.25) is 19.2 Å². The van der Waals surface area contributed by atoms with Crippen molar-refractivity contribution < 1.29 is 24.3 Å². The lowest BCUT2D eigenvalue weighted by Crippen LogP contribution is -2.54. The lowest BCUT2D eigenvalue weighted by molar-refractivity contribution is -0.136. The Labute approximate surface area is 281 Å². The van der Waals surface area contributed by atoms with E-state index in [1.807, 2.05) is 104 Å². The highest BCUT2D eigenvalue weighted by Gasteiger charge is 2.41. The Morgan fingerprint density at radius 3 is 2.23 bits per heavy atom. The SMILES string of the molecule is CN(C)CCNC(=O)Cn1cc(C(=O)N2CC(O)CC2C(=O)NC(Cc2ccccc2)C(=O)N(C)Cc2ccccc2)c2ccccc21. The maximum absolute atomic E-state index is 14.1. The van der Waals surface area contributed by atoms with Crippen molar-refractivity contribution in [2.24, 2.45) is 0 Å². The van der Waals surface area contributed by atoms with Crippen molar-refractivity contribution in [2.75, 3.05) is 40.8 Å². The van der Waals surface area contributed by atoms with Gasteiger partial charge in [-0.1, -0.05) is 78.9 Å². The molecule has 0 saturated carbocycles. The van der Waals surface area contributed by atoms with E-state index in [1.165, 1.54) is 4.90 Å². The van der Waals surface area contributed by atoms with Crippen LogP contribution in [0, 0.1) is 0 Å². The number of aliphatic hydroxyl groups is 1. The van der Waals surface area contributed by atoms with Gasteiger partial charge in [-0.15, -0.1) is 0 Å². The first kappa shape index (κ1) is 34.3. The lowest BCUT2D eigenvalue weighted by atomic mass is 10.0. The number of aromatic nitrogens is 1. The van der Waals surface area contributed by atoms with E-state index < -0.39 is 30.0 Å². The van der Waals surface area contributed by atoms with Gasteiger partial charge in [0, 0.05) is 63.2 Å². The van der Waals surface area contributed by atoms with E-state index in [-0.39, 0.29) is 37.7 Å². The summed E-state index contributed by atoms with van der Waals surface area (Å²) in [7, 11) is 5.56. The molecule has 1 aromatic heterocycles. The number of benzene rings is 3. The zero-order valence-corrected chi connectivity index (χ0v) is 27.7. The molecule has 3 unspecified atom stereocenters. The number of fused-ring (bicyclic) bond motifs is 1. The molecule has 11 heteroatoms. The lowest BCUT2D eigenvalue weighted by Gasteiger charge is -2.28. The van der Waals surface area contributed by atoms with Crippen molar-refractivity contribution in [3.63, 3.8) is 0 Å². The van der Waals surface area contributed by atoms with Crippen molar-refractivity contribution in [2.45, 2.75) is 44.1 Å². The Morgan fingerprint density at radius 1 is 0.896 bits per heavy atom. The number of aliphatic hydroxyl groups excluding tert-OH is 1. The van der Waals surface area contributed by atoms with Gasteiger partial charge in [0.2, 0.25) is 17.7 Å². The molecule has 1 saturated heterocycles.